The molecule has 0 radical (unpaired) electrons. The molecule has 0 bridgehead atoms. The molecule has 0 aromatic heterocycles. The van der Waals surface area contributed by atoms with Crippen LogP contribution in [0, 0.1) is 10.1 Å². The van der Waals surface area contributed by atoms with Gasteiger partial charge < -0.3 is 10.2 Å². The summed E-state index contributed by atoms with van der Waals surface area (Å²) in [6, 6.07) is 11.8. The number of hydrogen-bond acceptors (Lipinski definition) is 5. The molecule has 0 fully saturated rings. The third-order valence-corrected chi connectivity index (χ3v) is 4.76. The zero-order valence-corrected chi connectivity index (χ0v) is 16.2. The van der Waals surface area contributed by atoms with Crippen molar-refractivity contribution in [3.05, 3.63) is 63.7 Å². The van der Waals surface area contributed by atoms with Crippen molar-refractivity contribution < 1.29 is 14.5 Å². The Hall–Kier alpha value is -2.87. The predicted molar refractivity (Wildman–Crippen MR) is 106 cm³/mol. The molecule has 0 aliphatic heterocycles. The van der Waals surface area contributed by atoms with Gasteiger partial charge in [0.05, 0.1) is 11.5 Å². The SMILES string of the molecule is CCc1ccccc1NC(=O)CN(C)C(=O)c1cc(SC)ccc1[N+](=O)[O-]. The smallest absolute Gasteiger partial charge is 0.282 e. The van der Waals surface area contributed by atoms with Crippen LogP contribution >= 0.6 is 11.8 Å². The standard InChI is InChI=1S/C19H21N3O4S/c1-4-13-7-5-6-8-16(13)20-18(23)12-21(2)19(24)15-11-14(27-3)9-10-17(15)22(25)26/h5-11H,4,12H2,1-3H3,(H,20,23). The fourth-order valence-electron chi connectivity index (χ4n) is 2.61. The van der Waals surface area contributed by atoms with Crippen molar-refractivity contribution in [1.82, 2.24) is 4.90 Å². The van der Waals surface area contributed by atoms with Crippen molar-refractivity contribution >= 4 is 35.0 Å². The zero-order chi connectivity index (χ0) is 20.0. The molecule has 27 heavy (non-hydrogen) atoms. The summed E-state index contributed by atoms with van der Waals surface area (Å²) >= 11 is 1.38. The first-order chi connectivity index (χ1) is 12.9. The monoisotopic (exact) mass is 387 g/mol. The van der Waals surface area contributed by atoms with Gasteiger partial charge in [0, 0.05) is 23.7 Å². The molecule has 2 amide bonds. The molecule has 2 aromatic rings. The number of aryl methyl sites for hydroxylation is 1. The van der Waals surface area contributed by atoms with Crippen molar-refractivity contribution in [2.75, 3.05) is 25.2 Å². The van der Waals surface area contributed by atoms with E-state index in [9.17, 15) is 19.7 Å². The van der Waals surface area contributed by atoms with Gasteiger partial charge in [-0.25, -0.2) is 0 Å². The first kappa shape index (κ1) is 20.4. The second kappa shape index (κ2) is 9.18. The molecule has 2 aromatic carbocycles. The number of carbonyl (C=O) groups excluding carboxylic acids is 2. The molecule has 7 nitrogen and oxygen atoms in total. The summed E-state index contributed by atoms with van der Waals surface area (Å²) in [5, 5.41) is 14.0. The molecule has 0 aliphatic rings. The summed E-state index contributed by atoms with van der Waals surface area (Å²) in [7, 11) is 1.45. The van der Waals surface area contributed by atoms with Crippen molar-refractivity contribution in [2.45, 2.75) is 18.2 Å². The van der Waals surface area contributed by atoms with Crippen LogP contribution in [-0.2, 0) is 11.2 Å². The molecule has 0 saturated carbocycles. The van der Waals surface area contributed by atoms with E-state index in [1.54, 1.807) is 12.1 Å². The Balaban J connectivity index is 2.15. The van der Waals surface area contributed by atoms with Crippen LogP contribution in [0.1, 0.15) is 22.8 Å². The van der Waals surface area contributed by atoms with Crippen LogP contribution < -0.4 is 5.32 Å². The molecule has 0 saturated heterocycles. The Kier molecular flexibility index (Phi) is 6.95. The van der Waals surface area contributed by atoms with E-state index < -0.39 is 10.8 Å². The summed E-state index contributed by atoms with van der Waals surface area (Å²) in [6.07, 6.45) is 2.58. The van der Waals surface area contributed by atoms with Crippen molar-refractivity contribution in [3.8, 4) is 0 Å². The van der Waals surface area contributed by atoms with E-state index >= 15 is 0 Å². The van der Waals surface area contributed by atoms with E-state index in [-0.39, 0.29) is 23.7 Å². The number of rotatable bonds is 7. The number of para-hydroxylation sites is 1. The number of nitro groups is 1. The summed E-state index contributed by atoms with van der Waals surface area (Å²) in [5.74, 6) is -0.938. The van der Waals surface area contributed by atoms with Crippen LogP contribution in [-0.4, -0.2) is 41.5 Å². The van der Waals surface area contributed by atoms with E-state index in [0.29, 0.717) is 5.69 Å². The molecular weight excluding hydrogens is 366 g/mol. The van der Waals surface area contributed by atoms with Gasteiger partial charge >= 0.3 is 0 Å². The van der Waals surface area contributed by atoms with Crippen LogP contribution in [0.2, 0.25) is 0 Å². The number of carbonyl (C=O) groups is 2. The number of hydrogen-bond donors (Lipinski definition) is 1. The van der Waals surface area contributed by atoms with Gasteiger partial charge in [-0.15, -0.1) is 11.8 Å². The Morgan fingerprint density at radius 2 is 1.93 bits per heavy atom. The molecule has 2 rings (SSSR count). The Morgan fingerprint density at radius 1 is 1.22 bits per heavy atom. The van der Waals surface area contributed by atoms with Crippen LogP contribution in [0.5, 0.6) is 0 Å². The molecule has 1 N–H and O–H groups in total. The first-order valence-corrected chi connectivity index (χ1v) is 9.55. The van der Waals surface area contributed by atoms with Gasteiger partial charge in [0.15, 0.2) is 0 Å². The highest BCUT2D eigenvalue weighted by Gasteiger charge is 2.24. The van der Waals surface area contributed by atoms with E-state index in [0.717, 1.165) is 16.9 Å². The van der Waals surface area contributed by atoms with Crippen LogP contribution in [0.25, 0.3) is 0 Å². The maximum atomic E-state index is 12.7. The van der Waals surface area contributed by atoms with Gasteiger partial charge in [-0.3, -0.25) is 19.7 Å². The first-order valence-electron chi connectivity index (χ1n) is 8.33. The molecule has 8 heteroatoms. The van der Waals surface area contributed by atoms with Crippen LogP contribution in [0.15, 0.2) is 47.4 Å². The summed E-state index contributed by atoms with van der Waals surface area (Å²) in [4.78, 5) is 37.6. The number of thioether (sulfide) groups is 1. The highest BCUT2D eigenvalue weighted by Crippen LogP contribution is 2.25. The van der Waals surface area contributed by atoms with Crippen molar-refractivity contribution in [3.63, 3.8) is 0 Å². The van der Waals surface area contributed by atoms with Gasteiger partial charge in [-0.05, 0) is 36.4 Å². The van der Waals surface area contributed by atoms with Gasteiger partial charge in [0.25, 0.3) is 11.6 Å². The van der Waals surface area contributed by atoms with Gasteiger partial charge in [0.1, 0.15) is 5.56 Å². The number of nitrogens with zero attached hydrogens (tertiary/aromatic N) is 2. The third kappa shape index (κ3) is 5.07. The molecule has 142 valence electrons. The Labute approximate surface area is 161 Å². The van der Waals surface area contributed by atoms with Gasteiger partial charge in [-0.1, -0.05) is 25.1 Å². The third-order valence-electron chi connectivity index (χ3n) is 4.03. The lowest BCUT2D eigenvalue weighted by Crippen LogP contribution is -2.35. The minimum atomic E-state index is -0.594. The van der Waals surface area contributed by atoms with E-state index in [2.05, 4.69) is 5.32 Å². The summed E-state index contributed by atoms with van der Waals surface area (Å²) < 4.78 is 0. The Morgan fingerprint density at radius 3 is 2.56 bits per heavy atom. The van der Waals surface area contributed by atoms with Crippen LogP contribution in [0.4, 0.5) is 11.4 Å². The van der Waals surface area contributed by atoms with Crippen LogP contribution in [0.3, 0.4) is 0 Å². The normalized spacial score (nSPS) is 10.3. The highest BCUT2D eigenvalue weighted by atomic mass is 32.2. The van der Waals surface area contributed by atoms with E-state index in [1.165, 1.54) is 35.8 Å². The van der Waals surface area contributed by atoms with Crippen molar-refractivity contribution in [1.29, 1.82) is 0 Å². The fraction of sp³-hybridized carbons (Fsp3) is 0.263. The highest BCUT2D eigenvalue weighted by molar-refractivity contribution is 7.98. The van der Waals surface area contributed by atoms with E-state index in [4.69, 9.17) is 0 Å². The summed E-state index contributed by atoms with van der Waals surface area (Å²) in [6.45, 7) is 1.77. The number of nitrogens with one attached hydrogen (secondary N) is 1. The number of anilines is 1. The maximum absolute atomic E-state index is 12.7. The number of likely N-dealkylation sites (N-methyl/N-ethyl adjacent to an activating group) is 1. The molecule has 0 aliphatic carbocycles. The second-order valence-corrected chi connectivity index (χ2v) is 6.74. The van der Waals surface area contributed by atoms with E-state index in [1.807, 2.05) is 31.4 Å². The molecule has 0 spiro atoms. The maximum Gasteiger partial charge on any atom is 0.282 e. The lowest BCUT2D eigenvalue weighted by Gasteiger charge is -2.18. The molecular formula is C19H21N3O4S. The molecule has 0 unspecified atom stereocenters. The predicted octanol–water partition coefficient (Wildman–Crippen LogP) is 3.59. The Bertz CT molecular complexity index is 870. The van der Waals surface area contributed by atoms with Gasteiger partial charge in [0.2, 0.25) is 5.91 Å². The summed E-state index contributed by atoms with van der Waals surface area (Å²) in [5.41, 5.74) is 1.38. The average molecular weight is 387 g/mol. The average Bonchev–Trinajstić information content (AvgIpc) is 2.66. The largest absolute Gasteiger partial charge is 0.332 e. The molecule has 0 atom stereocenters. The lowest BCUT2D eigenvalue weighted by molar-refractivity contribution is -0.385. The second-order valence-electron chi connectivity index (χ2n) is 5.86. The topological polar surface area (TPSA) is 92.6 Å². The zero-order valence-electron chi connectivity index (χ0n) is 15.4. The molecule has 0 heterocycles. The number of benzene rings is 2. The minimum Gasteiger partial charge on any atom is -0.332 e. The number of amides is 2. The quantitative estimate of drug-likeness (QED) is 0.445. The van der Waals surface area contributed by atoms with Crippen molar-refractivity contribution in [2.24, 2.45) is 0 Å². The fourth-order valence-corrected chi connectivity index (χ4v) is 3.05. The number of nitro benzene ring substituents is 1. The lowest BCUT2D eigenvalue weighted by atomic mass is 10.1. The van der Waals surface area contributed by atoms with Gasteiger partial charge in [-0.2, -0.15) is 0 Å². The minimum absolute atomic E-state index is 0.0314.